The lowest BCUT2D eigenvalue weighted by Gasteiger charge is -2.09. The second-order valence-electron chi connectivity index (χ2n) is 6.80. The summed E-state index contributed by atoms with van der Waals surface area (Å²) in [5.41, 5.74) is 1.56. The monoisotopic (exact) mass is 432 g/mol. The van der Waals surface area contributed by atoms with E-state index in [0.29, 0.717) is 16.8 Å². The van der Waals surface area contributed by atoms with E-state index in [4.69, 9.17) is 0 Å². The van der Waals surface area contributed by atoms with Crippen LogP contribution in [0.5, 0.6) is 0 Å². The highest BCUT2D eigenvalue weighted by molar-refractivity contribution is 7.92. The van der Waals surface area contributed by atoms with Crippen LogP contribution in [0.3, 0.4) is 0 Å². The predicted octanol–water partition coefficient (Wildman–Crippen LogP) is 1.95. The van der Waals surface area contributed by atoms with Crippen molar-refractivity contribution in [2.75, 3.05) is 19.0 Å². The number of rotatable bonds is 8. The molecule has 0 aliphatic heterocycles. The van der Waals surface area contributed by atoms with E-state index in [9.17, 15) is 22.8 Å². The largest absolute Gasteiger partial charge is 0.468 e. The molecule has 0 aliphatic rings. The fourth-order valence-corrected chi connectivity index (χ4v) is 3.53. The molecule has 2 aromatic carbocycles. The van der Waals surface area contributed by atoms with Gasteiger partial charge < -0.3 is 15.4 Å². The van der Waals surface area contributed by atoms with Crippen molar-refractivity contribution in [3.05, 3.63) is 59.7 Å². The maximum atomic E-state index is 12.4. The smallest absolute Gasteiger partial charge is 0.325 e. The number of carbonyl (C=O) groups is 3. The van der Waals surface area contributed by atoms with Crippen molar-refractivity contribution in [3.8, 4) is 0 Å². The third kappa shape index (κ3) is 6.15. The average molecular weight is 432 g/mol. The van der Waals surface area contributed by atoms with E-state index in [0.717, 1.165) is 0 Å². The lowest BCUT2D eigenvalue weighted by Crippen LogP contribution is -2.31. The van der Waals surface area contributed by atoms with Gasteiger partial charge >= 0.3 is 5.97 Å². The van der Waals surface area contributed by atoms with Crippen LogP contribution in [0, 0.1) is 0 Å². The number of anilines is 1. The summed E-state index contributed by atoms with van der Waals surface area (Å²) in [5.74, 6) is -1.24. The number of amides is 2. The fraction of sp³-hybridized carbons (Fsp3) is 0.286. The quantitative estimate of drug-likeness (QED) is 0.616. The second kappa shape index (κ2) is 10.0. The number of benzene rings is 2. The fourth-order valence-electron chi connectivity index (χ4n) is 2.47. The van der Waals surface area contributed by atoms with Gasteiger partial charge in [0.25, 0.3) is 5.91 Å². The SMILES string of the molecule is COC(=O)CNC(=O)Cc1ccc(NC(=O)c2ccc(S(=O)(=O)C(C)C)cc2)cc1. The van der Waals surface area contributed by atoms with Gasteiger partial charge in [-0.25, -0.2) is 8.42 Å². The Bertz CT molecular complexity index is 1010. The van der Waals surface area contributed by atoms with Crippen molar-refractivity contribution in [1.29, 1.82) is 0 Å². The summed E-state index contributed by atoms with van der Waals surface area (Å²) in [6, 6.07) is 12.4. The lowest BCUT2D eigenvalue weighted by atomic mass is 10.1. The summed E-state index contributed by atoms with van der Waals surface area (Å²) in [6.07, 6.45) is 0.0804. The van der Waals surface area contributed by atoms with Crippen LogP contribution in [0.2, 0.25) is 0 Å². The van der Waals surface area contributed by atoms with Crippen molar-refractivity contribution in [2.45, 2.75) is 30.4 Å². The highest BCUT2D eigenvalue weighted by Gasteiger charge is 2.19. The van der Waals surface area contributed by atoms with Gasteiger partial charge in [-0.05, 0) is 55.8 Å². The first kappa shape index (κ1) is 23.1. The number of esters is 1. The second-order valence-corrected chi connectivity index (χ2v) is 9.30. The van der Waals surface area contributed by atoms with Crippen molar-refractivity contribution < 1.29 is 27.5 Å². The van der Waals surface area contributed by atoms with Gasteiger partial charge in [0.15, 0.2) is 9.84 Å². The van der Waals surface area contributed by atoms with Gasteiger partial charge in [-0.2, -0.15) is 0 Å². The van der Waals surface area contributed by atoms with E-state index in [1.165, 1.54) is 31.4 Å². The van der Waals surface area contributed by atoms with Gasteiger partial charge in [0.2, 0.25) is 5.91 Å². The molecule has 0 bridgehead atoms. The van der Waals surface area contributed by atoms with Crippen LogP contribution < -0.4 is 10.6 Å². The summed E-state index contributed by atoms with van der Waals surface area (Å²) in [5, 5.41) is 4.62. The number of hydrogen-bond donors (Lipinski definition) is 2. The van der Waals surface area contributed by atoms with Crippen LogP contribution in [0.15, 0.2) is 53.4 Å². The molecule has 9 heteroatoms. The molecule has 8 nitrogen and oxygen atoms in total. The van der Waals surface area contributed by atoms with Gasteiger partial charge in [0.05, 0.1) is 23.7 Å². The molecule has 0 unspecified atom stereocenters. The van der Waals surface area contributed by atoms with E-state index < -0.39 is 21.1 Å². The van der Waals surface area contributed by atoms with Crippen LogP contribution in [-0.2, 0) is 30.6 Å². The minimum atomic E-state index is -3.39. The summed E-state index contributed by atoms with van der Waals surface area (Å²) < 4.78 is 28.8. The molecule has 0 saturated carbocycles. The average Bonchev–Trinajstić information content (AvgIpc) is 2.73. The molecule has 2 aromatic rings. The van der Waals surface area contributed by atoms with E-state index in [1.54, 1.807) is 38.1 Å². The number of nitrogens with one attached hydrogen (secondary N) is 2. The Hall–Kier alpha value is -3.20. The van der Waals surface area contributed by atoms with Gasteiger partial charge in [-0.3, -0.25) is 14.4 Å². The molecule has 0 fully saturated rings. The lowest BCUT2D eigenvalue weighted by molar-refractivity contribution is -0.141. The molecule has 2 rings (SSSR count). The Morgan fingerprint density at radius 1 is 0.967 bits per heavy atom. The number of carbonyl (C=O) groups excluding carboxylic acids is 3. The summed E-state index contributed by atoms with van der Waals surface area (Å²) in [6.45, 7) is 3.01. The molecular formula is C21H24N2O6S. The molecule has 0 radical (unpaired) electrons. The molecule has 0 heterocycles. The van der Waals surface area contributed by atoms with Gasteiger partial charge in [0.1, 0.15) is 6.54 Å². The minimum Gasteiger partial charge on any atom is -0.468 e. The van der Waals surface area contributed by atoms with Gasteiger partial charge in [-0.1, -0.05) is 12.1 Å². The summed E-state index contributed by atoms with van der Waals surface area (Å²) >= 11 is 0. The van der Waals surface area contributed by atoms with Crippen molar-refractivity contribution in [1.82, 2.24) is 5.32 Å². The molecule has 30 heavy (non-hydrogen) atoms. The molecule has 0 spiro atoms. The first-order chi connectivity index (χ1) is 14.1. The number of hydrogen-bond acceptors (Lipinski definition) is 6. The first-order valence-electron chi connectivity index (χ1n) is 9.21. The molecule has 0 aromatic heterocycles. The zero-order valence-electron chi connectivity index (χ0n) is 17.0. The maximum absolute atomic E-state index is 12.4. The highest BCUT2D eigenvalue weighted by Crippen LogP contribution is 2.17. The third-order valence-corrected chi connectivity index (χ3v) is 6.47. The zero-order chi connectivity index (χ0) is 22.3. The van der Waals surface area contributed by atoms with Crippen LogP contribution in [0.1, 0.15) is 29.8 Å². The van der Waals surface area contributed by atoms with Crippen molar-refractivity contribution >= 4 is 33.3 Å². The van der Waals surface area contributed by atoms with E-state index in [2.05, 4.69) is 15.4 Å². The predicted molar refractivity (Wildman–Crippen MR) is 112 cm³/mol. The minimum absolute atomic E-state index is 0.0804. The highest BCUT2D eigenvalue weighted by atomic mass is 32.2. The van der Waals surface area contributed by atoms with Crippen LogP contribution in [-0.4, -0.2) is 45.1 Å². The Labute approximate surface area is 175 Å². The Kier molecular flexibility index (Phi) is 7.71. The summed E-state index contributed by atoms with van der Waals surface area (Å²) in [7, 11) is -2.15. The normalized spacial score (nSPS) is 11.1. The number of sulfone groups is 1. The van der Waals surface area contributed by atoms with Gasteiger partial charge in [0, 0.05) is 11.3 Å². The number of methoxy groups -OCH3 is 1. The molecule has 2 N–H and O–H groups in total. The van der Waals surface area contributed by atoms with E-state index in [-0.39, 0.29) is 29.7 Å². The van der Waals surface area contributed by atoms with E-state index >= 15 is 0 Å². The molecule has 160 valence electrons. The standard InChI is InChI=1S/C21H24N2O6S/c1-14(2)30(27,28)18-10-6-16(7-11-18)21(26)23-17-8-4-15(5-9-17)12-19(24)22-13-20(25)29-3/h4-11,14H,12-13H2,1-3H3,(H,22,24)(H,23,26). The molecule has 0 saturated heterocycles. The maximum Gasteiger partial charge on any atom is 0.325 e. The van der Waals surface area contributed by atoms with Crippen LogP contribution >= 0.6 is 0 Å². The first-order valence-corrected chi connectivity index (χ1v) is 10.8. The van der Waals surface area contributed by atoms with Gasteiger partial charge in [-0.15, -0.1) is 0 Å². The molecule has 0 atom stereocenters. The van der Waals surface area contributed by atoms with E-state index in [1.807, 2.05) is 0 Å². The molecule has 2 amide bonds. The molecular weight excluding hydrogens is 408 g/mol. The third-order valence-electron chi connectivity index (χ3n) is 4.30. The Morgan fingerprint density at radius 2 is 1.57 bits per heavy atom. The van der Waals surface area contributed by atoms with Crippen LogP contribution in [0.25, 0.3) is 0 Å². The van der Waals surface area contributed by atoms with Crippen LogP contribution in [0.4, 0.5) is 5.69 Å². The summed E-state index contributed by atoms with van der Waals surface area (Å²) in [4.78, 5) is 35.4. The number of ether oxygens (including phenoxy) is 1. The zero-order valence-corrected chi connectivity index (χ0v) is 17.8. The topological polar surface area (TPSA) is 119 Å². The Balaban J connectivity index is 1.96. The molecule has 0 aliphatic carbocycles. The Morgan fingerprint density at radius 3 is 2.10 bits per heavy atom. The van der Waals surface area contributed by atoms with Crippen molar-refractivity contribution in [2.24, 2.45) is 0 Å². The van der Waals surface area contributed by atoms with Crippen molar-refractivity contribution in [3.63, 3.8) is 0 Å².